The first-order valence-corrected chi connectivity index (χ1v) is 22.6. The Balaban J connectivity index is 1.07. The van der Waals surface area contributed by atoms with Gasteiger partial charge in [0.05, 0.1) is 11.1 Å². The highest BCUT2D eigenvalue weighted by Gasteiger charge is 2.52. The van der Waals surface area contributed by atoms with Crippen LogP contribution >= 0.6 is 0 Å². The van der Waals surface area contributed by atoms with Crippen LogP contribution < -0.4 is 31.1 Å². The minimum Gasteiger partial charge on any atom is -0.311 e. The van der Waals surface area contributed by atoms with Gasteiger partial charge in [0.1, 0.15) is 0 Å². The van der Waals surface area contributed by atoms with Crippen molar-refractivity contribution in [3.8, 4) is 22.3 Å². The Morgan fingerprint density at radius 3 is 1.26 bits per heavy atom. The second kappa shape index (κ2) is 13.8. The number of rotatable bonds is 5. The van der Waals surface area contributed by atoms with Crippen LogP contribution in [0, 0.1) is 0 Å². The highest BCUT2D eigenvalue weighted by Crippen LogP contribution is 2.63. The van der Waals surface area contributed by atoms with E-state index in [1.165, 1.54) is 83.6 Å². The first-order chi connectivity index (χ1) is 32.3. The van der Waals surface area contributed by atoms with Crippen LogP contribution in [-0.2, 0) is 5.41 Å². The van der Waals surface area contributed by atoms with E-state index < -0.39 is 5.41 Å². The fraction of sp³-hybridized carbons (Fsp3) is 0.0164. The summed E-state index contributed by atoms with van der Waals surface area (Å²) in [6, 6.07) is 90.1. The summed E-state index contributed by atoms with van der Waals surface area (Å²) in [6.07, 6.45) is 0. The van der Waals surface area contributed by atoms with Gasteiger partial charge in [0, 0.05) is 45.5 Å². The molecule has 0 fully saturated rings. The summed E-state index contributed by atoms with van der Waals surface area (Å²) >= 11 is 0. The first kappa shape index (κ1) is 36.2. The maximum atomic E-state index is 2.56. The van der Waals surface area contributed by atoms with Gasteiger partial charge in [-0.05, 0) is 134 Å². The Bertz CT molecular complexity index is 3450. The molecule has 10 aromatic rings. The molecule has 0 atom stereocenters. The average Bonchev–Trinajstić information content (AvgIpc) is 3.84. The zero-order chi connectivity index (χ0) is 42.6. The molecule has 10 aromatic carbocycles. The molecule has 2 heterocycles. The lowest BCUT2D eigenvalue weighted by Crippen LogP contribution is -2.61. The quantitative estimate of drug-likeness (QED) is 0.160. The van der Waals surface area contributed by atoms with Crippen LogP contribution in [0.15, 0.2) is 243 Å². The molecule has 0 radical (unpaired) electrons. The van der Waals surface area contributed by atoms with Crippen molar-refractivity contribution >= 4 is 74.3 Å². The molecular formula is C61H40BN3. The lowest BCUT2D eigenvalue weighted by molar-refractivity contribution is 0.794. The van der Waals surface area contributed by atoms with Crippen molar-refractivity contribution in [3.63, 3.8) is 0 Å². The van der Waals surface area contributed by atoms with Crippen LogP contribution in [0.25, 0.3) is 22.3 Å². The summed E-state index contributed by atoms with van der Waals surface area (Å²) in [4.78, 5) is 7.46. The van der Waals surface area contributed by atoms with Crippen molar-refractivity contribution < 1.29 is 0 Å². The molecule has 0 saturated carbocycles. The number of hydrogen-bond acceptors (Lipinski definition) is 3. The van der Waals surface area contributed by atoms with E-state index in [0.29, 0.717) is 0 Å². The van der Waals surface area contributed by atoms with Crippen molar-refractivity contribution in [1.82, 2.24) is 0 Å². The SMILES string of the molecule is c1ccc(N(c2ccccc2)c2cc3c4c(c2)N(c2ccc5c(c2)-c2ccccc2C52c5ccccc5-c5ccccc52)c2ccccc2B4c2ccccc2N3c2ccccc2)cc1. The molecule has 14 rings (SSSR count). The van der Waals surface area contributed by atoms with Gasteiger partial charge in [0.2, 0.25) is 0 Å². The van der Waals surface area contributed by atoms with Gasteiger partial charge in [0.25, 0.3) is 6.71 Å². The molecule has 302 valence electrons. The van der Waals surface area contributed by atoms with Crippen molar-refractivity contribution in [2.24, 2.45) is 0 Å². The fourth-order valence-corrected chi connectivity index (χ4v) is 12.0. The predicted molar refractivity (Wildman–Crippen MR) is 271 cm³/mol. The predicted octanol–water partition coefficient (Wildman–Crippen LogP) is 13.6. The summed E-state index contributed by atoms with van der Waals surface area (Å²) in [7, 11) is 0. The third-order valence-corrected chi connectivity index (χ3v) is 14.4. The van der Waals surface area contributed by atoms with Gasteiger partial charge in [0.15, 0.2) is 0 Å². The molecule has 2 aliphatic carbocycles. The molecule has 65 heavy (non-hydrogen) atoms. The maximum absolute atomic E-state index is 2.56. The molecule has 1 spiro atoms. The van der Waals surface area contributed by atoms with E-state index in [2.05, 4.69) is 257 Å². The smallest absolute Gasteiger partial charge is 0.252 e. The van der Waals surface area contributed by atoms with E-state index in [0.717, 1.165) is 28.4 Å². The number of para-hydroxylation sites is 5. The topological polar surface area (TPSA) is 9.72 Å². The molecule has 2 aliphatic heterocycles. The third-order valence-electron chi connectivity index (χ3n) is 14.4. The summed E-state index contributed by atoms with van der Waals surface area (Å²) in [5.41, 5.74) is 24.4. The number of anilines is 9. The first-order valence-electron chi connectivity index (χ1n) is 22.6. The second-order valence-corrected chi connectivity index (χ2v) is 17.6. The van der Waals surface area contributed by atoms with E-state index in [-0.39, 0.29) is 6.71 Å². The number of nitrogens with zero attached hydrogens (tertiary/aromatic N) is 3. The van der Waals surface area contributed by atoms with Crippen LogP contribution in [-0.4, -0.2) is 6.71 Å². The molecule has 4 heteroatoms. The molecule has 0 aromatic heterocycles. The van der Waals surface area contributed by atoms with Gasteiger partial charge in [-0.3, -0.25) is 0 Å². The number of fused-ring (bicyclic) bond motifs is 14. The number of benzene rings is 10. The van der Waals surface area contributed by atoms with Crippen molar-refractivity contribution in [2.75, 3.05) is 14.7 Å². The summed E-state index contributed by atoms with van der Waals surface area (Å²) in [5, 5.41) is 0. The molecule has 0 bridgehead atoms. The Labute approximate surface area is 379 Å². The van der Waals surface area contributed by atoms with Crippen molar-refractivity contribution in [2.45, 2.75) is 5.41 Å². The maximum Gasteiger partial charge on any atom is 0.252 e. The minimum absolute atomic E-state index is 0.0180. The van der Waals surface area contributed by atoms with Gasteiger partial charge in [-0.2, -0.15) is 0 Å². The molecule has 0 amide bonds. The van der Waals surface area contributed by atoms with Crippen molar-refractivity contribution in [3.05, 3.63) is 265 Å². The fourth-order valence-electron chi connectivity index (χ4n) is 12.0. The third kappa shape index (κ3) is 4.97. The van der Waals surface area contributed by atoms with E-state index in [4.69, 9.17) is 0 Å². The lowest BCUT2D eigenvalue weighted by Gasteiger charge is -2.45. The Hall–Kier alpha value is -8.34. The second-order valence-electron chi connectivity index (χ2n) is 17.6. The average molecular weight is 826 g/mol. The molecule has 0 saturated heterocycles. The lowest BCUT2D eigenvalue weighted by atomic mass is 9.33. The van der Waals surface area contributed by atoms with E-state index in [1.807, 2.05) is 0 Å². The van der Waals surface area contributed by atoms with Gasteiger partial charge in [-0.25, -0.2) is 0 Å². The highest BCUT2D eigenvalue weighted by atomic mass is 15.2. The van der Waals surface area contributed by atoms with Crippen LogP contribution in [0.1, 0.15) is 22.3 Å². The van der Waals surface area contributed by atoms with Crippen LogP contribution in [0.2, 0.25) is 0 Å². The molecule has 3 nitrogen and oxygen atoms in total. The van der Waals surface area contributed by atoms with Gasteiger partial charge < -0.3 is 14.7 Å². The molecule has 0 N–H and O–H groups in total. The summed E-state index contributed by atoms with van der Waals surface area (Å²) in [5.74, 6) is 0. The van der Waals surface area contributed by atoms with Gasteiger partial charge >= 0.3 is 0 Å². The van der Waals surface area contributed by atoms with Gasteiger partial charge in [-0.1, -0.05) is 170 Å². The Morgan fingerprint density at radius 1 is 0.308 bits per heavy atom. The monoisotopic (exact) mass is 825 g/mol. The Morgan fingerprint density at radius 2 is 0.723 bits per heavy atom. The van der Waals surface area contributed by atoms with E-state index in [1.54, 1.807) is 0 Å². The minimum atomic E-state index is -0.409. The largest absolute Gasteiger partial charge is 0.311 e. The van der Waals surface area contributed by atoms with Crippen LogP contribution in [0.5, 0.6) is 0 Å². The van der Waals surface area contributed by atoms with Crippen LogP contribution in [0.3, 0.4) is 0 Å². The van der Waals surface area contributed by atoms with E-state index in [9.17, 15) is 0 Å². The van der Waals surface area contributed by atoms with Gasteiger partial charge in [-0.15, -0.1) is 0 Å². The summed E-state index contributed by atoms with van der Waals surface area (Å²) in [6.45, 7) is 0.0180. The van der Waals surface area contributed by atoms with E-state index >= 15 is 0 Å². The standard InChI is InChI=1S/C61H40BN3/c1-4-20-41(21-5-1)63(42-22-6-2-7-23-42)45-39-58-60-59(40-45)65(57-35-19-17-33-55(57)62(60)54-32-16-18-34-56(54)64(58)43-24-8-3-9-25-43)44-36-37-53-49(38-44)48-28-12-15-31-52(48)61(53)50-29-13-10-26-46(50)47-27-11-14-30-51(47)61/h1-40H. The normalized spacial score (nSPS) is 13.9. The molecular weight excluding hydrogens is 786 g/mol. The highest BCUT2D eigenvalue weighted by molar-refractivity contribution is 7.00. The molecule has 4 aliphatic rings. The number of hydrogen-bond donors (Lipinski definition) is 0. The van der Waals surface area contributed by atoms with Crippen molar-refractivity contribution in [1.29, 1.82) is 0 Å². The Kier molecular flexibility index (Phi) is 7.70. The van der Waals surface area contributed by atoms with Crippen LogP contribution in [0.4, 0.5) is 51.2 Å². The zero-order valence-electron chi connectivity index (χ0n) is 35.5. The summed E-state index contributed by atoms with van der Waals surface area (Å²) < 4.78 is 0. The molecule has 0 unspecified atom stereocenters. The zero-order valence-corrected chi connectivity index (χ0v) is 35.5.